The summed E-state index contributed by atoms with van der Waals surface area (Å²) in [7, 11) is 0. The summed E-state index contributed by atoms with van der Waals surface area (Å²) in [4.78, 5) is 16.5. The minimum atomic E-state index is 0.676. The van der Waals surface area contributed by atoms with Crippen LogP contribution in [0.4, 0.5) is 5.82 Å². The minimum Gasteiger partial charge on any atom is -0.357 e. The van der Waals surface area contributed by atoms with Crippen LogP contribution in [0.25, 0.3) is 22.4 Å². The fourth-order valence-corrected chi connectivity index (χ4v) is 3.56. The first kappa shape index (κ1) is 18.2. The third kappa shape index (κ3) is 3.48. The van der Waals surface area contributed by atoms with Gasteiger partial charge >= 0.3 is 0 Å². The van der Waals surface area contributed by atoms with Gasteiger partial charge in [0.25, 0.3) is 0 Å². The zero-order chi connectivity index (χ0) is 19.5. The number of rotatable bonds is 6. The first-order valence-corrected chi connectivity index (χ1v) is 9.78. The minimum absolute atomic E-state index is 0.676. The number of hydrogen-bond acceptors (Lipinski definition) is 4. The van der Waals surface area contributed by atoms with Crippen LogP contribution in [0.2, 0.25) is 0 Å². The molecule has 0 aliphatic carbocycles. The molecule has 0 N–H and O–H groups in total. The van der Waals surface area contributed by atoms with Crippen LogP contribution in [0.1, 0.15) is 25.2 Å². The first-order chi connectivity index (χ1) is 13.7. The highest BCUT2D eigenvalue weighted by Gasteiger charge is 2.14. The number of benzene rings is 1. The zero-order valence-electron chi connectivity index (χ0n) is 16.6. The molecular weight excluding hydrogens is 346 g/mol. The van der Waals surface area contributed by atoms with Gasteiger partial charge in [0.2, 0.25) is 0 Å². The number of anilines is 1. The van der Waals surface area contributed by atoms with Gasteiger partial charge in [-0.3, -0.25) is 4.98 Å². The molecule has 5 nitrogen and oxygen atoms in total. The fraction of sp³-hybridized carbons (Fsp3) is 0.261. The average Bonchev–Trinajstić information content (AvgIpc) is 3.08. The van der Waals surface area contributed by atoms with Crippen LogP contribution >= 0.6 is 0 Å². The molecule has 5 heteroatoms. The number of fused-ring (bicyclic) bond motifs is 1. The number of nitrogens with zero attached hydrogens (tertiary/aromatic N) is 5. The lowest BCUT2D eigenvalue weighted by Crippen LogP contribution is -2.22. The van der Waals surface area contributed by atoms with Crippen molar-refractivity contribution in [2.24, 2.45) is 0 Å². The molecule has 1 aromatic carbocycles. The molecule has 0 saturated heterocycles. The summed E-state index contributed by atoms with van der Waals surface area (Å²) >= 11 is 0. The van der Waals surface area contributed by atoms with Crippen molar-refractivity contribution < 1.29 is 0 Å². The van der Waals surface area contributed by atoms with Gasteiger partial charge in [-0.2, -0.15) is 0 Å². The Hall–Kier alpha value is -3.21. The van der Waals surface area contributed by atoms with E-state index in [-0.39, 0.29) is 0 Å². The van der Waals surface area contributed by atoms with Crippen LogP contribution in [-0.2, 0) is 6.54 Å². The van der Waals surface area contributed by atoms with Crippen molar-refractivity contribution in [1.29, 1.82) is 0 Å². The highest BCUT2D eigenvalue weighted by Crippen LogP contribution is 2.26. The Kier molecular flexibility index (Phi) is 5.06. The van der Waals surface area contributed by atoms with E-state index >= 15 is 0 Å². The maximum atomic E-state index is 4.90. The Morgan fingerprint density at radius 3 is 2.43 bits per heavy atom. The second kappa shape index (κ2) is 7.80. The monoisotopic (exact) mass is 371 g/mol. The van der Waals surface area contributed by atoms with Gasteiger partial charge in [-0.05, 0) is 57.2 Å². The number of pyridine rings is 2. The standard InChI is InChI=1S/C23H25N5/c1-4-27(5-2)22-14-13-18(15-24-22)23-26-20-11-6-7-12-21(20)28(23)16-19-10-8-9-17(3)25-19/h6-15H,4-5,16H2,1-3H3. The quantitative estimate of drug-likeness (QED) is 0.493. The van der Waals surface area contributed by atoms with E-state index in [0.29, 0.717) is 6.54 Å². The highest BCUT2D eigenvalue weighted by molar-refractivity contribution is 5.80. The van der Waals surface area contributed by atoms with Gasteiger partial charge in [0.05, 0.1) is 23.3 Å². The second-order valence-electron chi connectivity index (χ2n) is 6.86. The van der Waals surface area contributed by atoms with Crippen molar-refractivity contribution >= 4 is 16.9 Å². The summed E-state index contributed by atoms with van der Waals surface area (Å²) in [5, 5.41) is 0. The maximum absolute atomic E-state index is 4.90. The van der Waals surface area contributed by atoms with Gasteiger partial charge < -0.3 is 9.47 Å². The number of aromatic nitrogens is 4. The van der Waals surface area contributed by atoms with Gasteiger partial charge in [-0.1, -0.05) is 18.2 Å². The molecule has 0 spiro atoms. The topological polar surface area (TPSA) is 46.8 Å². The van der Waals surface area contributed by atoms with E-state index in [2.05, 4.69) is 75.7 Å². The summed E-state index contributed by atoms with van der Waals surface area (Å²) < 4.78 is 2.23. The van der Waals surface area contributed by atoms with Crippen molar-refractivity contribution in [2.75, 3.05) is 18.0 Å². The summed E-state index contributed by atoms with van der Waals surface area (Å²) in [6.45, 7) is 8.88. The van der Waals surface area contributed by atoms with E-state index in [1.54, 1.807) is 0 Å². The molecule has 0 aliphatic heterocycles. The Labute approximate surface area is 165 Å². The van der Waals surface area contributed by atoms with Gasteiger partial charge in [-0.15, -0.1) is 0 Å². The molecule has 0 saturated carbocycles. The molecule has 0 radical (unpaired) electrons. The van der Waals surface area contributed by atoms with E-state index in [1.165, 1.54) is 0 Å². The van der Waals surface area contributed by atoms with E-state index < -0.39 is 0 Å². The normalized spacial score (nSPS) is 11.1. The lowest BCUT2D eigenvalue weighted by Gasteiger charge is -2.19. The van der Waals surface area contributed by atoms with Gasteiger partial charge in [0.15, 0.2) is 0 Å². The Morgan fingerprint density at radius 1 is 0.893 bits per heavy atom. The second-order valence-corrected chi connectivity index (χ2v) is 6.86. The summed E-state index contributed by atoms with van der Waals surface area (Å²) in [5.74, 6) is 1.92. The van der Waals surface area contributed by atoms with Gasteiger partial charge in [-0.25, -0.2) is 9.97 Å². The molecule has 4 aromatic rings. The van der Waals surface area contributed by atoms with Crippen LogP contribution in [-0.4, -0.2) is 32.6 Å². The predicted octanol–water partition coefficient (Wildman–Crippen LogP) is 4.70. The highest BCUT2D eigenvalue weighted by atomic mass is 15.2. The van der Waals surface area contributed by atoms with Crippen molar-refractivity contribution in [1.82, 2.24) is 19.5 Å². The first-order valence-electron chi connectivity index (χ1n) is 9.78. The SMILES string of the molecule is CCN(CC)c1ccc(-c2nc3ccccc3n2Cc2cccc(C)n2)cn1. The molecule has 28 heavy (non-hydrogen) atoms. The lowest BCUT2D eigenvalue weighted by molar-refractivity contribution is 0.800. The van der Waals surface area contributed by atoms with Crippen molar-refractivity contribution in [3.05, 3.63) is 72.2 Å². The number of hydrogen-bond donors (Lipinski definition) is 0. The van der Waals surface area contributed by atoms with E-state index in [4.69, 9.17) is 4.98 Å². The summed E-state index contributed by atoms with van der Waals surface area (Å²) in [5.41, 5.74) is 5.15. The molecule has 3 aromatic heterocycles. The molecule has 0 amide bonds. The van der Waals surface area contributed by atoms with Crippen LogP contribution in [0.15, 0.2) is 60.8 Å². The predicted molar refractivity (Wildman–Crippen MR) is 115 cm³/mol. The Morgan fingerprint density at radius 2 is 1.71 bits per heavy atom. The van der Waals surface area contributed by atoms with Crippen LogP contribution in [0.3, 0.4) is 0 Å². The van der Waals surface area contributed by atoms with Gasteiger partial charge in [0.1, 0.15) is 11.6 Å². The molecule has 0 fully saturated rings. The van der Waals surface area contributed by atoms with E-state index in [0.717, 1.165) is 52.7 Å². The molecule has 0 unspecified atom stereocenters. The van der Waals surface area contributed by atoms with Crippen LogP contribution in [0, 0.1) is 6.92 Å². The van der Waals surface area contributed by atoms with E-state index in [1.807, 2.05) is 25.3 Å². The molecule has 0 aliphatic rings. The largest absolute Gasteiger partial charge is 0.357 e. The van der Waals surface area contributed by atoms with Crippen LogP contribution < -0.4 is 4.90 Å². The summed E-state index contributed by atoms with van der Waals surface area (Å²) in [6, 6.07) is 18.6. The molecule has 142 valence electrons. The Balaban J connectivity index is 1.78. The lowest BCUT2D eigenvalue weighted by atomic mass is 10.2. The zero-order valence-corrected chi connectivity index (χ0v) is 16.6. The third-order valence-electron chi connectivity index (χ3n) is 5.01. The van der Waals surface area contributed by atoms with Crippen LogP contribution in [0.5, 0.6) is 0 Å². The molecular formula is C23H25N5. The maximum Gasteiger partial charge on any atom is 0.143 e. The van der Waals surface area contributed by atoms with Crippen molar-refractivity contribution in [3.63, 3.8) is 0 Å². The van der Waals surface area contributed by atoms with E-state index in [9.17, 15) is 0 Å². The van der Waals surface area contributed by atoms with Gasteiger partial charge in [0, 0.05) is 30.5 Å². The third-order valence-corrected chi connectivity index (χ3v) is 5.01. The Bertz CT molecular complexity index is 1080. The average molecular weight is 371 g/mol. The molecule has 0 atom stereocenters. The van der Waals surface area contributed by atoms with Crippen molar-refractivity contribution in [3.8, 4) is 11.4 Å². The summed E-state index contributed by atoms with van der Waals surface area (Å²) in [6.07, 6.45) is 1.93. The smallest absolute Gasteiger partial charge is 0.143 e. The molecule has 3 heterocycles. The van der Waals surface area contributed by atoms with Crippen molar-refractivity contribution in [2.45, 2.75) is 27.3 Å². The number of para-hydroxylation sites is 2. The molecule has 0 bridgehead atoms. The number of aryl methyl sites for hydroxylation is 1. The fourth-order valence-electron chi connectivity index (χ4n) is 3.56. The molecule has 4 rings (SSSR count). The number of imidazole rings is 1.